The highest BCUT2D eigenvalue weighted by molar-refractivity contribution is 6.35. The minimum Gasteiger partial charge on any atom is -0.360 e. The highest BCUT2D eigenvalue weighted by Crippen LogP contribution is 2.31. The van der Waals surface area contributed by atoms with E-state index in [1.807, 2.05) is 12.1 Å². The second-order valence-electron chi connectivity index (χ2n) is 4.10. The second-order valence-corrected chi connectivity index (χ2v) is 4.50. The Morgan fingerprint density at radius 2 is 2.20 bits per heavy atom. The van der Waals surface area contributed by atoms with Crippen molar-refractivity contribution in [2.24, 2.45) is 0 Å². The fourth-order valence-corrected chi connectivity index (χ4v) is 2.36. The summed E-state index contributed by atoms with van der Waals surface area (Å²) in [6, 6.07) is 6.08. The second kappa shape index (κ2) is 4.28. The number of aromatic nitrogens is 1. The molecule has 0 radical (unpaired) electrons. The Morgan fingerprint density at radius 3 is 2.93 bits per heavy atom. The number of aromatic amines is 1. The molecule has 1 aromatic carbocycles. The van der Waals surface area contributed by atoms with Crippen LogP contribution in [-0.2, 0) is 0 Å². The van der Waals surface area contributed by atoms with Crippen molar-refractivity contribution in [2.45, 2.75) is 32.6 Å². The van der Waals surface area contributed by atoms with Gasteiger partial charge in [-0.1, -0.05) is 44.0 Å². The molecule has 1 atom stereocenters. The lowest BCUT2D eigenvalue weighted by Crippen LogP contribution is -1.90. The minimum atomic E-state index is 0.599. The Balaban J connectivity index is 2.49. The first kappa shape index (κ1) is 10.6. The van der Waals surface area contributed by atoms with Crippen molar-refractivity contribution in [3.63, 3.8) is 0 Å². The molecule has 0 fully saturated rings. The molecule has 1 unspecified atom stereocenters. The number of halogens is 1. The molecule has 0 amide bonds. The van der Waals surface area contributed by atoms with Gasteiger partial charge in [-0.05, 0) is 24.0 Å². The Kier molecular flexibility index (Phi) is 3.01. The Bertz CT molecular complexity index is 459. The molecule has 2 heteroatoms. The Hall–Kier alpha value is -0.950. The number of nitrogens with one attached hydrogen (secondary N) is 1. The SMILES string of the molecule is CCCC(C)c1c[nH]c2c(Cl)cccc12. The molecule has 0 aliphatic heterocycles. The first-order valence-corrected chi connectivity index (χ1v) is 5.87. The van der Waals surface area contributed by atoms with Crippen LogP contribution in [0.5, 0.6) is 0 Å². The molecular weight excluding hydrogens is 206 g/mol. The molecule has 1 nitrogen and oxygen atoms in total. The molecule has 0 spiro atoms. The minimum absolute atomic E-state index is 0.599. The quantitative estimate of drug-likeness (QED) is 0.772. The number of fused-ring (bicyclic) bond motifs is 1. The van der Waals surface area contributed by atoms with Gasteiger partial charge in [0.1, 0.15) is 0 Å². The van der Waals surface area contributed by atoms with Crippen molar-refractivity contribution in [1.29, 1.82) is 0 Å². The predicted octanol–water partition coefficient (Wildman–Crippen LogP) is 4.72. The van der Waals surface area contributed by atoms with E-state index in [1.54, 1.807) is 0 Å². The van der Waals surface area contributed by atoms with Crippen molar-refractivity contribution in [3.05, 3.63) is 35.0 Å². The van der Waals surface area contributed by atoms with Crippen LogP contribution in [0.15, 0.2) is 24.4 Å². The summed E-state index contributed by atoms with van der Waals surface area (Å²) in [6.45, 7) is 4.49. The van der Waals surface area contributed by atoms with Gasteiger partial charge in [0.15, 0.2) is 0 Å². The summed E-state index contributed by atoms with van der Waals surface area (Å²) in [5.41, 5.74) is 2.45. The number of para-hydroxylation sites is 1. The van der Waals surface area contributed by atoms with Crippen molar-refractivity contribution in [2.75, 3.05) is 0 Å². The zero-order valence-corrected chi connectivity index (χ0v) is 9.93. The fourth-order valence-electron chi connectivity index (χ4n) is 2.14. The van der Waals surface area contributed by atoms with Crippen LogP contribution in [0.1, 0.15) is 38.2 Å². The van der Waals surface area contributed by atoms with E-state index >= 15 is 0 Å². The first-order valence-electron chi connectivity index (χ1n) is 5.49. The van der Waals surface area contributed by atoms with E-state index in [1.165, 1.54) is 23.8 Å². The lowest BCUT2D eigenvalue weighted by molar-refractivity contribution is 0.669. The predicted molar refractivity (Wildman–Crippen MR) is 66.6 cm³/mol. The summed E-state index contributed by atoms with van der Waals surface area (Å²) < 4.78 is 0. The van der Waals surface area contributed by atoms with Gasteiger partial charge in [0.05, 0.1) is 10.5 Å². The molecular formula is C13H16ClN. The molecule has 0 bridgehead atoms. The van der Waals surface area contributed by atoms with E-state index in [2.05, 4.69) is 31.1 Å². The van der Waals surface area contributed by atoms with Gasteiger partial charge < -0.3 is 4.98 Å². The van der Waals surface area contributed by atoms with E-state index in [0.29, 0.717) is 5.92 Å². The van der Waals surface area contributed by atoms with Crippen molar-refractivity contribution in [3.8, 4) is 0 Å². The van der Waals surface area contributed by atoms with Crippen LogP contribution >= 0.6 is 11.6 Å². The largest absolute Gasteiger partial charge is 0.360 e. The van der Waals surface area contributed by atoms with E-state index in [9.17, 15) is 0 Å². The molecule has 0 saturated carbocycles. The normalized spacial score (nSPS) is 13.3. The van der Waals surface area contributed by atoms with Crippen molar-refractivity contribution < 1.29 is 0 Å². The van der Waals surface area contributed by atoms with Crippen molar-refractivity contribution >= 4 is 22.5 Å². The van der Waals surface area contributed by atoms with Crippen LogP contribution in [0.3, 0.4) is 0 Å². The van der Waals surface area contributed by atoms with Gasteiger partial charge in [-0.2, -0.15) is 0 Å². The third-order valence-electron chi connectivity index (χ3n) is 2.95. The Morgan fingerprint density at radius 1 is 1.40 bits per heavy atom. The molecule has 2 aromatic rings. The van der Waals surface area contributed by atoms with Gasteiger partial charge in [0, 0.05) is 11.6 Å². The van der Waals surface area contributed by atoms with E-state index in [0.717, 1.165) is 10.5 Å². The Labute approximate surface area is 95.5 Å². The fraction of sp³-hybridized carbons (Fsp3) is 0.385. The van der Waals surface area contributed by atoms with Gasteiger partial charge in [-0.3, -0.25) is 0 Å². The summed E-state index contributed by atoms with van der Waals surface area (Å²) in [5, 5.41) is 2.07. The average molecular weight is 222 g/mol. The average Bonchev–Trinajstić information content (AvgIpc) is 2.63. The number of benzene rings is 1. The zero-order chi connectivity index (χ0) is 10.8. The third-order valence-corrected chi connectivity index (χ3v) is 3.26. The standard InChI is InChI=1S/C13H16ClN/c1-3-5-9(2)11-8-15-13-10(11)6-4-7-12(13)14/h4,6-9,15H,3,5H2,1-2H3. The maximum absolute atomic E-state index is 6.12. The highest BCUT2D eigenvalue weighted by Gasteiger charge is 2.11. The lowest BCUT2D eigenvalue weighted by Gasteiger charge is -2.08. The summed E-state index contributed by atoms with van der Waals surface area (Å²) in [4.78, 5) is 3.26. The number of hydrogen-bond donors (Lipinski definition) is 1. The third kappa shape index (κ3) is 1.89. The van der Waals surface area contributed by atoms with Gasteiger partial charge in [-0.15, -0.1) is 0 Å². The van der Waals surface area contributed by atoms with E-state index in [4.69, 9.17) is 11.6 Å². The lowest BCUT2D eigenvalue weighted by atomic mass is 9.96. The number of rotatable bonds is 3. The van der Waals surface area contributed by atoms with E-state index in [-0.39, 0.29) is 0 Å². The monoisotopic (exact) mass is 221 g/mol. The summed E-state index contributed by atoms with van der Waals surface area (Å²) in [7, 11) is 0. The molecule has 1 N–H and O–H groups in total. The molecule has 2 rings (SSSR count). The van der Waals surface area contributed by atoms with Crippen LogP contribution in [0.2, 0.25) is 5.02 Å². The van der Waals surface area contributed by atoms with E-state index < -0.39 is 0 Å². The molecule has 0 aliphatic carbocycles. The molecule has 15 heavy (non-hydrogen) atoms. The smallest absolute Gasteiger partial charge is 0.0647 e. The van der Waals surface area contributed by atoms with Crippen molar-refractivity contribution in [1.82, 2.24) is 4.98 Å². The summed E-state index contributed by atoms with van der Waals surface area (Å²) in [6.07, 6.45) is 4.53. The van der Waals surface area contributed by atoms with Crippen LogP contribution in [-0.4, -0.2) is 4.98 Å². The van der Waals surface area contributed by atoms with Gasteiger partial charge in [0.25, 0.3) is 0 Å². The van der Waals surface area contributed by atoms with Gasteiger partial charge in [0.2, 0.25) is 0 Å². The van der Waals surface area contributed by atoms with Crippen LogP contribution in [0, 0.1) is 0 Å². The molecule has 0 saturated heterocycles. The maximum Gasteiger partial charge on any atom is 0.0647 e. The summed E-state index contributed by atoms with van der Waals surface area (Å²) >= 11 is 6.12. The van der Waals surface area contributed by atoms with Gasteiger partial charge in [-0.25, -0.2) is 0 Å². The van der Waals surface area contributed by atoms with Crippen LogP contribution in [0.4, 0.5) is 0 Å². The van der Waals surface area contributed by atoms with Crippen LogP contribution < -0.4 is 0 Å². The summed E-state index contributed by atoms with van der Waals surface area (Å²) in [5.74, 6) is 0.599. The first-order chi connectivity index (χ1) is 7.24. The topological polar surface area (TPSA) is 15.8 Å². The highest BCUT2D eigenvalue weighted by atomic mass is 35.5. The molecule has 1 aromatic heterocycles. The van der Waals surface area contributed by atoms with Crippen LogP contribution in [0.25, 0.3) is 10.9 Å². The van der Waals surface area contributed by atoms with Gasteiger partial charge >= 0.3 is 0 Å². The molecule has 80 valence electrons. The maximum atomic E-state index is 6.12. The molecule has 1 heterocycles. The number of hydrogen-bond acceptors (Lipinski definition) is 0. The molecule has 0 aliphatic rings. The zero-order valence-electron chi connectivity index (χ0n) is 9.18. The number of H-pyrrole nitrogens is 1.